The fourth-order valence-corrected chi connectivity index (χ4v) is 2.59. The highest BCUT2D eigenvalue weighted by molar-refractivity contribution is 5.94. The molecule has 1 atom stereocenters. The lowest BCUT2D eigenvalue weighted by atomic mass is 9.86. The van der Waals surface area contributed by atoms with E-state index in [0.717, 1.165) is 6.42 Å². The third-order valence-corrected chi connectivity index (χ3v) is 4.11. The Labute approximate surface area is 172 Å². The number of ether oxygens (including phenoxy) is 2. The van der Waals surface area contributed by atoms with Crippen molar-refractivity contribution in [2.75, 3.05) is 26.1 Å². The average molecular weight is 418 g/mol. The van der Waals surface area contributed by atoms with Gasteiger partial charge in [0.2, 0.25) is 0 Å². The molecular weight excluding hydrogens is 386 g/mol. The van der Waals surface area contributed by atoms with Gasteiger partial charge in [0.1, 0.15) is 17.5 Å². The lowest BCUT2D eigenvalue weighted by Gasteiger charge is -2.23. The Morgan fingerprint density at radius 1 is 1.21 bits per heavy atom. The van der Waals surface area contributed by atoms with Crippen molar-refractivity contribution in [1.82, 2.24) is 5.32 Å². The second-order valence-corrected chi connectivity index (χ2v) is 7.28. The summed E-state index contributed by atoms with van der Waals surface area (Å²) >= 11 is 0. The molecule has 9 heteroatoms. The van der Waals surface area contributed by atoms with Crippen LogP contribution in [0.25, 0.3) is 0 Å². The van der Waals surface area contributed by atoms with Gasteiger partial charge in [0, 0.05) is 11.6 Å². The largest absolute Gasteiger partial charge is 0.505 e. The van der Waals surface area contributed by atoms with Crippen LogP contribution in [0.3, 0.4) is 0 Å². The number of methoxy groups -OCH3 is 2. The molecule has 0 heterocycles. The van der Waals surface area contributed by atoms with E-state index in [1.807, 2.05) is 20.8 Å². The van der Waals surface area contributed by atoms with E-state index < -0.39 is 18.0 Å². The van der Waals surface area contributed by atoms with E-state index in [-0.39, 0.29) is 29.3 Å². The third kappa shape index (κ3) is 7.44. The molecule has 0 saturated heterocycles. The predicted molar refractivity (Wildman–Crippen MR) is 111 cm³/mol. The van der Waals surface area contributed by atoms with Crippen LogP contribution in [-0.4, -0.2) is 43.9 Å². The quantitative estimate of drug-likeness (QED) is 0.293. The molecule has 0 spiro atoms. The fourth-order valence-electron chi connectivity index (χ4n) is 2.59. The number of benzene rings is 1. The van der Waals surface area contributed by atoms with Gasteiger partial charge in [0.15, 0.2) is 0 Å². The Kier molecular flexibility index (Phi) is 10.7. The smallest absolute Gasteiger partial charge is 0.328 e. The van der Waals surface area contributed by atoms with Gasteiger partial charge in [-0.25, -0.2) is 9.59 Å². The molecule has 28 heavy (non-hydrogen) atoms. The summed E-state index contributed by atoms with van der Waals surface area (Å²) in [4.78, 5) is 24.3. The van der Waals surface area contributed by atoms with Crippen molar-refractivity contribution >= 4 is 30.1 Å². The number of rotatable bonds is 8. The van der Waals surface area contributed by atoms with Gasteiger partial charge < -0.3 is 30.9 Å². The van der Waals surface area contributed by atoms with Crippen molar-refractivity contribution in [2.24, 2.45) is 5.73 Å². The van der Waals surface area contributed by atoms with Gasteiger partial charge in [-0.2, -0.15) is 0 Å². The van der Waals surface area contributed by atoms with Gasteiger partial charge in [0.25, 0.3) is 0 Å². The Bertz CT molecular complexity index is 662. The lowest BCUT2D eigenvalue weighted by Crippen LogP contribution is -2.43. The third-order valence-electron chi connectivity index (χ3n) is 4.11. The molecule has 0 aliphatic rings. The van der Waals surface area contributed by atoms with E-state index in [4.69, 9.17) is 15.2 Å². The van der Waals surface area contributed by atoms with E-state index in [2.05, 4.69) is 10.6 Å². The molecule has 0 aromatic heterocycles. The van der Waals surface area contributed by atoms with Crippen LogP contribution >= 0.6 is 12.4 Å². The van der Waals surface area contributed by atoms with Gasteiger partial charge in [-0.05, 0) is 37.3 Å². The Morgan fingerprint density at radius 2 is 1.86 bits per heavy atom. The molecule has 2 amide bonds. The van der Waals surface area contributed by atoms with Crippen molar-refractivity contribution in [1.29, 1.82) is 0 Å². The topological polar surface area (TPSA) is 123 Å². The maximum Gasteiger partial charge on any atom is 0.328 e. The van der Waals surface area contributed by atoms with Crippen molar-refractivity contribution in [3.63, 3.8) is 0 Å². The van der Waals surface area contributed by atoms with Gasteiger partial charge in [0.05, 0.1) is 19.9 Å². The number of amides is 2. The second kappa shape index (κ2) is 11.6. The van der Waals surface area contributed by atoms with Crippen LogP contribution in [0.1, 0.15) is 45.6 Å². The summed E-state index contributed by atoms with van der Waals surface area (Å²) in [5.74, 6) is -0.0795. The van der Waals surface area contributed by atoms with Crippen molar-refractivity contribution in [2.45, 2.75) is 51.5 Å². The SMILES string of the molecule is COC(=O)[C@H](CCCCN)NC(=O)Nc1cc(OC)cc(C(C)(C)C)c1O.Cl. The number of halogens is 1. The Hall–Kier alpha value is -2.19. The number of unbranched alkanes of at least 4 members (excludes halogenated alkanes) is 1. The molecule has 0 aliphatic carbocycles. The summed E-state index contributed by atoms with van der Waals surface area (Å²) in [6.07, 6.45) is 1.83. The highest BCUT2D eigenvalue weighted by atomic mass is 35.5. The zero-order chi connectivity index (χ0) is 20.6. The van der Waals surface area contributed by atoms with E-state index in [1.54, 1.807) is 6.07 Å². The molecule has 0 saturated carbocycles. The molecule has 1 rings (SSSR count). The molecule has 5 N–H and O–H groups in total. The predicted octanol–water partition coefficient (Wildman–Crippen LogP) is 2.91. The van der Waals surface area contributed by atoms with Gasteiger partial charge >= 0.3 is 12.0 Å². The molecule has 160 valence electrons. The number of phenolic OH excluding ortho intramolecular Hbond substituents is 1. The van der Waals surface area contributed by atoms with Gasteiger partial charge in [-0.3, -0.25) is 0 Å². The number of anilines is 1. The number of nitrogens with two attached hydrogens (primary N) is 1. The van der Waals surface area contributed by atoms with Crippen LogP contribution in [0.4, 0.5) is 10.5 Å². The highest BCUT2D eigenvalue weighted by Crippen LogP contribution is 2.39. The zero-order valence-electron chi connectivity index (χ0n) is 17.1. The number of hydrogen-bond acceptors (Lipinski definition) is 6. The van der Waals surface area contributed by atoms with Crippen LogP contribution in [-0.2, 0) is 14.9 Å². The number of nitrogens with one attached hydrogen (secondary N) is 2. The fraction of sp³-hybridized carbons (Fsp3) is 0.579. The van der Waals surface area contributed by atoms with Crippen LogP contribution in [0.5, 0.6) is 11.5 Å². The van der Waals surface area contributed by atoms with Crippen LogP contribution in [0.15, 0.2) is 12.1 Å². The molecule has 0 unspecified atom stereocenters. The van der Waals surface area contributed by atoms with Gasteiger partial charge in [-0.15, -0.1) is 12.4 Å². The number of urea groups is 1. The highest BCUT2D eigenvalue weighted by Gasteiger charge is 2.24. The first-order valence-electron chi connectivity index (χ1n) is 8.91. The first-order valence-corrected chi connectivity index (χ1v) is 8.91. The number of carbonyl (C=O) groups is 2. The minimum atomic E-state index is -0.795. The van der Waals surface area contributed by atoms with E-state index in [1.165, 1.54) is 20.3 Å². The first-order chi connectivity index (χ1) is 12.6. The van der Waals surface area contributed by atoms with E-state index in [9.17, 15) is 14.7 Å². The maximum absolute atomic E-state index is 12.4. The second-order valence-electron chi connectivity index (χ2n) is 7.28. The van der Waals surface area contributed by atoms with E-state index >= 15 is 0 Å². The summed E-state index contributed by atoms with van der Waals surface area (Å²) in [6, 6.07) is 1.83. The summed E-state index contributed by atoms with van der Waals surface area (Å²) < 4.78 is 10.00. The summed E-state index contributed by atoms with van der Waals surface area (Å²) in [6.45, 7) is 6.33. The Balaban J connectivity index is 0.00000729. The molecule has 0 fully saturated rings. The zero-order valence-corrected chi connectivity index (χ0v) is 17.9. The number of hydrogen-bond donors (Lipinski definition) is 4. The maximum atomic E-state index is 12.4. The lowest BCUT2D eigenvalue weighted by molar-refractivity contribution is -0.143. The summed E-state index contributed by atoms with van der Waals surface area (Å²) in [7, 11) is 2.77. The molecule has 1 aromatic rings. The van der Waals surface area contributed by atoms with E-state index in [0.29, 0.717) is 30.7 Å². The molecule has 0 radical (unpaired) electrons. The summed E-state index contributed by atoms with van der Waals surface area (Å²) in [5, 5.41) is 15.7. The number of esters is 1. The monoisotopic (exact) mass is 417 g/mol. The van der Waals surface area contributed by atoms with Crippen molar-refractivity contribution in [3.8, 4) is 11.5 Å². The first kappa shape index (κ1) is 25.8. The molecule has 0 bridgehead atoms. The number of phenols is 1. The Morgan fingerprint density at radius 3 is 2.36 bits per heavy atom. The van der Waals surface area contributed by atoms with Crippen LogP contribution < -0.4 is 21.1 Å². The van der Waals surface area contributed by atoms with Crippen LogP contribution in [0, 0.1) is 0 Å². The van der Waals surface area contributed by atoms with Gasteiger partial charge in [-0.1, -0.05) is 20.8 Å². The molecule has 0 aliphatic heterocycles. The molecule has 8 nitrogen and oxygen atoms in total. The summed E-state index contributed by atoms with van der Waals surface area (Å²) in [5.41, 5.74) is 5.93. The average Bonchev–Trinajstić information content (AvgIpc) is 2.61. The van der Waals surface area contributed by atoms with Crippen molar-refractivity contribution < 1.29 is 24.2 Å². The minimum absolute atomic E-state index is 0. The minimum Gasteiger partial charge on any atom is -0.505 e. The number of carbonyl (C=O) groups excluding carboxylic acids is 2. The normalized spacial score (nSPS) is 11.8. The molecular formula is C19H32ClN3O5. The standard InChI is InChI=1S/C19H31N3O5.ClH/c1-19(2,3)13-10-12(26-4)11-15(16(13)23)22-18(25)21-14(17(24)27-5)8-6-7-9-20;/h10-11,14,23H,6-9,20H2,1-5H3,(H2,21,22,25);1H/t14-;/m0./s1. The van der Waals surface area contributed by atoms with Crippen LogP contribution in [0.2, 0.25) is 0 Å². The molecule has 1 aromatic carbocycles. The number of aromatic hydroxyl groups is 1. The van der Waals surface area contributed by atoms with Crippen molar-refractivity contribution in [3.05, 3.63) is 17.7 Å².